The van der Waals surface area contributed by atoms with Crippen molar-refractivity contribution in [2.24, 2.45) is 5.73 Å². The standard InChI is InChI=1S/C37H52N4O7/c1-11-24-18-15-19-26(22-24)30(31(43)39-28(33(45)47-36(5,6)7)23-25-16-13-12-14-17-25)41(35(2,3)4)32(44)27(20-21-29(38)42)40-34(46)48-37(8,9)10/h11-19,22,27-28,30H,1,20-21,23H2,2-10H3,(H2,38,42)(H,39,43)(H,40,46). The molecule has 0 fully saturated rings. The Hall–Kier alpha value is -4.67. The number of ether oxygens (including phenoxy) is 2. The van der Waals surface area contributed by atoms with Gasteiger partial charge in [0, 0.05) is 18.4 Å². The molecule has 4 amide bonds. The van der Waals surface area contributed by atoms with Crippen LogP contribution >= 0.6 is 0 Å². The van der Waals surface area contributed by atoms with Gasteiger partial charge in [-0.1, -0.05) is 61.2 Å². The minimum atomic E-state index is -1.30. The summed E-state index contributed by atoms with van der Waals surface area (Å²) in [6.07, 6.45) is 0.508. The van der Waals surface area contributed by atoms with Crippen LogP contribution in [0.15, 0.2) is 61.2 Å². The Labute approximate surface area is 284 Å². The summed E-state index contributed by atoms with van der Waals surface area (Å²) in [5, 5.41) is 5.46. The molecule has 0 radical (unpaired) electrons. The van der Waals surface area contributed by atoms with E-state index in [1.165, 1.54) is 4.90 Å². The first-order valence-corrected chi connectivity index (χ1v) is 16.0. The second kappa shape index (κ2) is 16.4. The Balaban J connectivity index is 2.70. The van der Waals surface area contributed by atoms with Crippen LogP contribution in [0.2, 0.25) is 0 Å². The molecule has 0 aliphatic heterocycles. The van der Waals surface area contributed by atoms with Gasteiger partial charge in [0.2, 0.25) is 17.7 Å². The first kappa shape index (κ1) is 39.5. The van der Waals surface area contributed by atoms with Crippen LogP contribution < -0.4 is 16.4 Å². The lowest BCUT2D eigenvalue weighted by molar-refractivity contribution is -0.159. The molecular weight excluding hydrogens is 612 g/mol. The zero-order chi connectivity index (χ0) is 36.4. The molecule has 0 heterocycles. The molecule has 11 nitrogen and oxygen atoms in total. The van der Waals surface area contributed by atoms with Crippen molar-refractivity contribution in [2.45, 2.75) is 116 Å². The zero-order valence-corrected chi connectivity index (χ0v) is 29.7. The average molecular weight is 665 g/mol. The third-order valence-corrected chi connectivity index (χ3v) is 6.89. The van der Waals surface area contributed by atoms with Crippen molar-refractivity contribution in [1.82, 2.24) is 15.5 Å². The largest absolute Gasteiger partial charge is 0.458 e. The van der Waals surface area contributed by atoms with E-state index in [1.807, 2.05) is 30.3 Å². The maximum Gasteiger partial charge on any atom is 0.408 e. The Bertz CT molecular complexity index is 1450. The van der Waals surface area contributed by atoms with Gasteiger partial charge < -0.3 is 30.7 Å². The number of carbonyl (C=O) groups is 5. The topological polar surface area (TPSA) is 157 Å². The Morgan fingerprint density at radius 1 is 0.833 bits per heavy atom. The summed E-state index contributed by atoms with van der Waals surface area (Å²) in [4.78, 5) is 68.7. The van der Waals surface area contributed by atoms with E-state index >= 15 is 0 Å². The lowest BCUT2D eigenvalue weighted by Gasteiger charge is -2.43. The third kappa shape index (κ3) is 12.8. The van der Waals surface area contributed by atoms with Crippen LogP contribution in [0, 0.1) is 0 Å². The maximum absolute atomic E-state index is 14.6. The summed E-state index contributed by atoms with van der Waals surface area (Å²) in [6.45, 7) is 19.3. The molecule has 11 heteroatoms. The maximum atomic E-state index is 14.6. The molecule has 2 rings (SSSR count). The van der Waals surface area contributed by atoms with Gasteiger partial charge in [0.05, 0.1) is 0 Å². The number of benzene rings is 2. The van der Waals surface area contributed by atoms with Gasteiger partial charge in [0.25, 0.3) is 0 Å². The van der Waals surface area contributed by atoms with E-state index in [4.69, 9.17) is 15.2 Å². The predicted molar refractivity (Wildman–Crippen MR) is 185 cm³/mol. The molecule has 2 aromatic carbocycles. The Kier molecular flexibility index (Phi) is 13.5. The van der Waals surface area contributed by atoms with Crippen molar-refractivity contribution in [3.05, 3.63) is 77.9 Å². The van der Waals surface area contributed by atoms with Crippen LogP contribution in [0.25, 0.3) is 6.08 Å². The molecule has 0 bridgehead atoms. The van der Waals surface area contributed by atoms with Crippen molar-refractivity contribution < 1.29 is 33.4 Å². The summed E-state index contributed by atoms with van der Waals surface area (Å²) in [5.41, 5.74) is 4.62. The highest BCUT2D eigenvalue weighted by molar-refractivity contribution is 5.94. The van der Waals surface area contributed by atoms with Gasteiger partial charge in [0.1, 0.15) is 29.3 Å². The van der Waals surface area contributed by atoms with Gasteiger partial charge in [-0.3, -0.25) is 14.4 Å². The lowest BCUT2D eigenvalue weighted by Crippen LogP contribution is -2.59. The molecule has 2 aromatic rings. The highest BCUT2D eigenvalue weighted by Gasteiger charge is 2.43. The minimum absolute atomic E-state index is 0.131. The number of esters is 1. The fourth-order valence-corrected chi connectivity index (χ4v) is 4.95. The molecule has 48 heavy (non-hydrogen) atoms. The van der Waals surface area contributed by atoms with Crippen LogP contribution in [0.4, 0.5) is 4.79 Å². The van der Waals surface area contributed by atoms with Gasteiger partial charge in [-0.05, 0) is 91.5 Å². The zero-order valence-electron chi connectivity index (χ0n) is 29.7. The molecule has 0 aliphatic carbocycles. The molecule has 0 saturated heterocycles. The lowest BCUT2D eigenvalue weighted by atomic mass is 9.93. The highest BCUT2D eigenvalue weighted by atomic mass is 16.6. The van der Waals surface area contributed by atoms with E-state index in [9.17, 15) is 24.0 Å². The van der Waals surface area contributed by atoms with Crippen LogP contribution in [0.1, 0.15) is 97.9 Å². The van der Waals surface area contributed by atoms with Crippen LogP contribution in [-0.4, -0.2) is 63.5 Å². The number of nitrogens with zero attached hydrogens (tertiary/aromatic N) is 1. The van der Waals surface area contributed by atoms with Gasteiger partial charge in [-0.2, -0.15) is 0 Å². The van der Waals surface area contributed by atoms with Gasteiger partial charge in [-0.25, -0.2) is 9.59 Å². The fourth-order valence-electron chi connectivity index (χ4n) is 4.95. The first-order chi connectivity index (χ1) is 22.1. The summed E-state index contributed by atoms with van der Waals surface area (Å²) in [6, 6.07) is 12.5. The smallest absolute Gasteiger partial charge is 0.408 e. The van der Waals surface area contributed by atoms with Crippen molar-refractivity contribution in [3.63, 3.8) is 0 Å². The number of alkyl carbamates (subject to hydrolysis) is 1. The molecule has 3 unspecified atom stereocenters. The number of nitrogens with one attached hydrogen (secondary N) is 2. The van der Waals surface area contributed by atoms with Gasteiger partial charge in [0.15, 0.2) is 0 Å². The van der Waals surface area contributed by atoms with E-state index in [1.54, 1.807) is 92.7 Å². The molecule has 0 spiro atoms. The first-order valence-electron chi connectivity index (χ1n) is 16.0. The van der Waals surface area contributed by atoms with Gasteiger partial charge in [-0.15, -0.1) is 0 Å². The molecule has 0 aromatic heterocycles. The SMILES string of the molecule is C=Cc1cccc(C(C(=O)NC(Cc2ccccc2)C(=O)OC(C)(C)C)N(C(=O)C(CCC(N)=O)NC(=O)OC(C)(C)C)C(C)(C)C)c1. The van der Waals surface area contributed by atoms with E-state index in [0.29, 0.717) is 11.1 Å². The number of rotatable bonds is 13. The summed E-state index contributed by atoms with van der Waals surface area (Å²) in [7, 11) is 0. The van der Waals surface area contributed by atoms with E-state index in [2.05, 4.69) is 17.2 Å². The number of hydrogen-bond donors (Lipinski definition) is 3. The van der Waals surface area contributed by atoms with Crippen molar-refractivity contribution in [2.75, 3.05) is 0 Å². The number of nitrogens with two attached hydrogens (primary N) is 1. The Morgan fingerprint density at radius 3 is 1.96 bits per heavy atom. The molecule has 0 saturated carbocycles. The van der Waals surface area contributed by atoms with Crippen molar-refractivity contribution >= 4 is 35.9 Å². The second-order valence-corrected chi connectivity index (χ2v) is 14.6. The van der Waals surface area contributed by atoms with Crippen molar-refractivity contribution in [3.8, 4) is 0 Å². The van der Waals surface area contributed by atoms with E-state index in [0.717, 1.165) is 5.56 Å². The fraction of sp³-hybridized carbons (Fsp3) is 0.486. The van der Waals surface area contributed by atoms with Crippen molar-refractivity contribution in [1.29, 1.82) is 0 Å². The minimum Gasteiger partial charge on any atom is -0.458 e. The Morgan fingerprint density at radius 2 is 1.44 bits per heavy atom. The summed E-state index contributed by atoms with van der Waals surface area (Å²) < 4.78 is 11.1. The summed E-state index contributed by atoms with van der Waals surface area (Å²) >= 11 is 0. The van der Waals surface area contributed by atoms with Crippen LogP contribution in [-0.2, 0) is 35.1 Å². The van der Waals surface area contributed by atoms with Gasteiger partial charge >= 0.3 is 12.1 Å². The quantitative estimate of drug-likeness (QED) is 0.248. The van der Waals surface area contributed by atoms with Crippen LogP contribution in [0.5, 0.6) is 0 Å². The highest BCUT2D eigenvalue weighted by Crippen LogP contribution is 2.32. The number of amides is 4. The molecule has 262 valence electrons. The molecule has 0 aliphatic rings. The van der Waals surface area contributed by atoms with E-state index in [-0.39, 0.29) is 19.3 Å². The normalized spacial score (nSPS) is 13.7. The number of carbonyl (C=O) groups excluding carboxylic acids is 5. The number of primary amides is 1. The molecular formula is C37H52N4O7. The second-order valence-electron chi connectivity index (χ2n) is 14.6. The average Bonchev–Trinajstić information content (AvgIpc) is 2.95. The van der Waals surface area contributed by atoms with Crippen LogP contribution in [0.3, 0.4) is 0 Å². The molecule has 4 N–H and O–H groups in total. The molecule has 3 atom stereocenters. The monoisotopic (exact) mass is 664 g/mol. The summed E-state index contributed by atoms with van der Waals surface area (Å²) in [5.74, 6) is -2.62. The number of hydrogen-bond acceptors (Lipinski definition) is 7. The third-order valence-electron chi connectivity index (χ3n) is 6.89. The predicted octanol–water partition coefficient (Wildman–Crippen LogP) is 5.23. The van der Waals surface area contributed by atoms with E-state index < -0.39 is 64.7 Å².